The Morgan fingerprint density at radius 3 is 2.69 bits per heavy atom. The molecule has 1 unspecified atom stereocenters. The van der Waals surface area contributed by atoms with E-state index < -0.39 is 0 Å². The largest absolute Gasteiger partial charge is 0.439 e. The summed E-state index contributed by atoms with van der Waals surface area (Å²) in [5.41, 5.74) is 0.917. The molecule has 0 spiro atoms. The molecule has 1 aliphatic rings. The second-order valence-electron chi connectivity index (χ2n) is 7.93. The first-order valence-corrected chi connectivity index (χ1v) is 11.1. The standard InChI is InChI=1S/C24H26FN5OS/c1-17-6-5-13-30(16-17)21-14-22(31-20-7-3-2-4-8-20)28-23(27-21)29-24(32)26-15-18-9-11-19(25)12-10-18/h2-4,7-12,14,17H,5-6,13,15-16H2,1H3,(H2,26,27,28,29,32). The van der Waals surface area contributed by atoms with Crippen LogP contribution in [0.4, 0.5) is 16.2 Å². The van der Waals surface area contributed by atoms with Gasteiger partial charge in [0.15, 0.2) is 5.11 Å². The Balaban J connectivity index is 1.50. The van der Waals surface area contributed by atoms with Crippen LogP contribution < -0.4 is 20.3 Å². The van der Waals surface area contributed by atoms with Gasteiger partial charge in [0.05, 0.1) is 0 Å². The van der Waals surface area contributed by atoms with Crippen molar-refractivity contribution in [2.24, 2.45) is 5.92 Å². The maximum atomic E-state index is 13.1. The van der Waals surface area contributed by atoms with Crippen molar-refractivity contribution in [2.75, 3.05) is 23.3 Å². The van der Waals surface area contributed by atoms with Gasteiger partial charge >= 0.3 is 0 Å². The number of ether oxygens (including phenoxy) is 1. The van der Waals surface area contributed by atoms with Crippen molar-refractivity contribution in [3.05, 3.63) is 72.0 Å². The third-order valence-electron chi connectivity index (χ3n) is 5.23. The summed E-state index contributed by atoms with van der Waals surface area (Å²) in [4.78, 5) is 11.4. The Labute approximate surface area is 192 Å². The Bertz CT molecular complexity index is 1050. The van der Waals surface area contributed by atoms with Gasteiger partial charge in [-0.1, -0.05) is 37.3 Å². The molecule has 1 fully saturated rings. The number of aromatic nitrogens is 2. The lowest BCUT2D eigenvalue weighted by molar-refractivity contribution is 0.440. The topological polar surface area (TPSA) is 62.3 Å². The first-order valence-electron chi connectivity index (χ1n) is 10.7. The monoisotopic (exact) mass is 451 g/mol. The molecule has 1 aliphatic heterocycles. The Kier molecular flexibility index (Phi) is 7.11. The van der Waals surface area contributed by atoms with E-state index in [0.29, 0.717) is 35.2 Å². The summed E-state index contributed by atoms with van der Waals surface area (Å²) in [7, 11) is 0. The Morgan fingerprint density at radius 2 is 1.94 bits per heavy atom. The highest BCUT2D eigenvalue weighted by Gasteiger charge is 2.20. The van der Waals surface area contributed by atoms with Gasteiger partial charge in [0.1, 0.15) is 17.4 Å². The molecule has 0 amide bonds. The first-order chi connectivity index (χ1) is 15.5. The third-order valence-corrected chi connectivity index (χ3v) is 5.47. The number of piperidine rings is 1. The quantitative estimate of drug-likeness (QED) is 0.504. The molecule has 1 atom stereocenters. The molecule has 8 heteroatoms. The molecule has 2 N–H and O–H groups in total. The predicted octanol–water partition coefficient (Wildman–Crippen LogP) is 5.13. The number of halogens is 1. The van der Waals surface area contributed by atoms with Crippen molar-refractivity contribution in [2.45, 2.75) is 26.3 Å². The van der Waals surface area contributed by atoms with E-state index in [1.165, 1.54) is 18.6 Å². The zero-order valence-electron chi connectivity index (χ0n) is 17.9. The van der Waals surface area contributed by atoms with Crippen LogP contribution in [0.2, 0.25) is 0 Å². The van der Waals surface area contributed by atoms with E-state index in [1.54, 1.807) is 12.1 Å². The minimum Gasteiger partial charge on any atom is -0.439 e. The zero-order valence-corrected chi connectivity index (χ0v) is 18.7. The second kappa shape index (κ2) is 10.4. The lowest BCUT2D eigenvalue weighted by atomic mass is 10.0. The molecule has 6 nitrogen and oxygen atoms in total. The van der Waals surface area contributed by atoms with Gasteiger partial charge in [0.25, 0.3) is 0 Å². The molecule has 0 aliphatic carbocycles. The first kappa shape index (κ1) is 22.0. The van der Waals surface area contributed by atoms with Crippen LogP contribution in [0.1, 0.15) is 25.3 Å². The number of thiocarbonyl (C=S) groups is 1. The highest BCUT2D eigenvalue weighted by molar-refractivity contribution is 7.80. The lowest BCUT2D eigenvalue weighted by Crippen LogP contribution is -2.35. The molecule has 1 saturated heterocycles. The van der Waals surface area contributed by atoms with Gasteiger partial charge in [-0.05, 0) is 60.8 Å². The van der Waals surface area contributed by atoms with Gasteiger partial charge in [-0.2, -0.15) is 9.97 Å². The number of nitrogens with zero attached hydrogens (tertiary/aromatic N) is 3. The summed E-state index contributed by atoms with van der Waals surface area (Å²) in [6, 6.07) is 17.7. The molecule has 1 aromatic heterocycles. The summed E-state index contributed by atoms with van der Waals surface area (Å²) < 4.78 is 19.1. The maximum absolute atomic E-state index is 13.1. The molecule has 0 bridgehead atoms. The van der Waals surface area contributed by atoms with Crippen LogP contribution in [0.15, 0.2) is 60.7 Å². The third kappa shape index (κ3) is 6.13. The molecule has 0 radical (unpaired) electrons. The predicted molar refractivity (Wildman–Crippen MR) is 129 cm³/mol. The smallest absolute Gasteiger partial charge is 0.234 e. The Morgan fingerprint density at radius 1 is 1.16 bits per heavy atom. The van der Waals surface area contributed by atoms with Crippen LogP contribution in [0, 0.1) is 11.7 Å². The number of hydrogen-bond acceptors (Lipinski definition) is 5. The summed E-state index contributed by atoms with van der Waals surface area (Å²) >= 11 is 5.42. The zero-order chi connectivity index (χ0) is 22.3. The van der Waals surface area contributed by atoms with Crippen LogP contribution in [0.25, 0.3) is 0 Å². The molecular weight excluding hydrogens is 425 g/mol. The van der Waals surface area contributed by atoms with E-state index in [0.717, 1.165) is 30.9 Å². The highest BCUT2D eigenvalue weighted by Crippen LogP contribution is 2.27. The second-order valence-corrected chi connectivity index (χ2v) is 8.34. The van der Waals surface area contributed by atoms with E-state index >= 15 is 0 Å². The highest BCUT2D eigenvalue weighted by atomic mass is 32.1. The average molecular weight is 452 g/mol. The lowest BCUT2D eigenvalue weighted by Gasteiger charge is -2.32. The number of para-hydroxylation sites is 1. The van der Waals surface area contributed by atoms with Gasteiger partial charge < -0.3 is 20.3 Å². The molecule has 0 saturated carbocycles. The van der Waals surface area contributed by atoms with E-state index in [2.05, 4.69) is 32.4 Å². The minimum absolute atomic E-state index is 0.266. The summed E-state index contributed by atoms with van der Waals surface area (Å²) in [5.74, 6) is 2.66. The molecule has 32 heavy (non-hydrogen) atoms. The minimum atomic E-state index is -0.266. The Hall–Kier alpha value is -3.26. The SMILES string of the molecule is CC1CCCN(c2cc(Oc3ccccc3)nc(NC(=S)NCc3ccc(F)cc3)n2)C1. The van der Waals surface area contributed by atoms with Crippen LogP contribution in [-0.2, 0) is 6.54 Å². The molecule has 2 heterocycles. The van der Waals surface area contributed by atoms with Gasteiger partial charge in [-0.3, -0.25) is 0 Å². The van der Waals surface area contributed by atoms with Crippen molar-refractivity contribution < 1.29 is 9.13 Å². The van der Waals surface area contributed by atoms with Crippen molar-refractivity contribution in [1.29, 1.82) is 0 Å². The van der Waals surface area contributed by atoms with Crippen LogP contribution >= 0.6 is 12.2 Å². The number of nitrogens with one attached hydrogen (secondary N) is 2. The maximum Gasteiger partial charge on any atom is 0.234 e. The van der Waals surface area contributed by atoms with Crippen LogP contribution in [-0.4, -0.2) is 28.2 Å². The van der Waals surface area contributed by atoms with Gasteiger partial charge in [0.2, 0.25) is 11.8 Å². The van der Waals surface area contributed by atoms with Crippen molar-refractivity contribution in [3.63, 3.8) is 0 Å². The molecule has 2 aromatic carbocycles. The number of hydrogen-bond donors (Lipinski definition) is 2. The fourth-order valence-corrected chi connectivity index (χ4v) is 3.78. The normalized spacial score (nSPS) is 15.8. The summed E-state index contributed by atoms with van der Waals surface area (Å²) in [6.07, 6.45) is 2.35. The number of benzene rings is 2. The van der Waals surface area contributed by atoms with E-state index in [4.69, 9.17) is 17.0 Å². The van der Waals surface area contributed by atoms with Gasteiger partial charge in [-0.15, -0.1) is 0 Å². The average Bonchev–Trinajstić information content (AvgIpc) is 2.79. The molecule has 4 rings (SSSR count). The van der Waals surface area contributed by atoms with Crippen molar-refractivity contribution in [1.82, 2.24) is 15.3 Å². The van der Waals surface area contributed by atoms with Crippen LogP contribution in [0.5, 0.6) is 11.6 Å². The van der Waals surface area contributed by atoms with Gasteiger partial charge in [-0.25, -0.2) is 4.39 Å². The number of anilines is 2. The van der Waals surface area contributed by atoms with E-state index in [1.807, 2.05) is 36.4 Å². The molecule has 166 valence electrons. The van der Waals surface area contributed by atoms with E-state index in [9.17, 15) is 4.39 Å². The molecule has 3 aromatic rings. The van der Waals surface area contributed by atoms with Crippen molar-refractivity contribution >= 4 is 29.1 Å². The summed E-state index contributed by atoms with van der Waals surface area (Å²) in [5, 5.41) is 6.54. The number of rotatable bonds is 6. The van der Waals surface area contributed by atoms with E-state index in [-0.39, 0.29) is 5.82 Å². The van der Waals surface area contributed by atoms with Crippen molar-refractivity contribution in [3.8, 4) is 11.6 Å². The fourth-order valence-electron chi connectivity index (χ4n) is 3.62. The fraction of sp³-hybridized carbons (Fsp3) is 0.292. The molecular formula is C24H26FN5OS. The van der Waals surface area contributed by atoms with Crippen LogP contribution in [0.3, 0.4) is 0 Å². The van der Waals surface area contributed by atoms with Gasteiger partial charge in [0, 0.05) is 25.7 Å². The summed E-state index contributed by atoms with van der Waals surface area (Å²) in [6.45, 7) is 4.60.